The average molecular weight is 331 g/mol. The third kappa shape index (κ3) is 4.55. The molecule has 1 aromatic heterocycles. The molecule has 0 amide bonds. The maximum atomic E-state index is 5.95. The number of hydrogen-bond donors (Lipinski definition) is 0. The Morgan fingerprint density at radius 2 is 1.88 bits per heavy atom. The first-order valence-electron chi connectivity index (χ1n) is 8.29. The van der Waals surface area contributed by atoms with Crippen molar-refractivity contribution in [2.45, 2.75) is 19.8 Å². The molecule has 2 radical (unpaired) electrons. The molecule has 2 aromatic carbocycles. The van der Waals surface area contributed by atoms with Crippen LogP contribution in [0.1, 0.15) is 18.5 Å². The first kappa shape index (κ1) is 16.5. The highest BCUT2D eigenvalue weighted by molar-refractivity contribution is 6.58. The molecule has 0 spiro atoms. The lowest BCUT2D eigenvalue weighted by atomic mass is 10.2. The molecule has 0 atom stereocenters. The highest BCUT2D eigenvalue weighted by atomic mass is 28.2. The highest BCUT2D eigenvalue weighted by Crippen LogP contribution is 2.24. The Balaban J connectivity index is 1.46. The minimum atomic E-state index is 0.716. The Kier molecular flexibility index (Phi) is 5.80. The number of allylic oxidation sites excluding steroid dienone is 1. The third-order valence-electron chi connectivity index (χ3n) is 3.74. The molecule has 3 heteroatoms. The molecule has 0 saturated carbocycles. The van der Waals surface area contributed by atoms with Gasteiger partial charge < -0.3 is 4.74 Å². The average Bonchev–Trinajstić information content (AvgIpc) is 2.62. The molecule has 0 fully saturated rings. The normalized spacial score (nSPS) is 11.2. The zero-order valence-electron chi connectivity index (χ0n) is 13.9. The number of ether oxygens (including phenoxy) is 1. The molecule has 3 rings (SSSR count). The van der Waals surface area contributed by atoms with Crippen LogP contribution in [0.5, 0.6) is 5.75 Å². The molecule has 24 heavy (non-hydrogen) atoms. The number of para-hydroxylation sites is 1. The Bertz CT molecular complexity index is 814. The van der Waals surface area contributed by atoms with Crippen LogP contribution in [0.15, 0.2) is 72.4 Å². The van der Waals surface area contributed by atoms with Crippen molar-refractivity contribution in [1.29, 1.82) is 0 Å². The smallest absolute Gasteiger partial charge is 0.145 e. The van der Waals surface area contributed by atoms with Crippen molar-refractivity contribution in [2.75, 3.05) is 6.61 Å². The zero-order valence-corrected chi connectivity index (χ0v) is 14.9. The summed E-state index contributed by atoms with van der Waals surface area (Å²) in [6.07, 6.45) is 4.30. The molecule has 0 aliphatic heterocycles. The largest absolute Gasteiger partial charge is 0.491 e. The number of aryl methyl sites for hydroxylation is 1. The summed E-state index contributed by atoms with van der Waals surface area (Å²) in [7, 11) is 0.743. The van der Waals surface area contributed by atoms with Gasteiger partial charge in [-0.05, 0) is 31.9 Å². The van der Waals surface area contributed by atoms with Gasteiger partial charge >= 0.3 is 0 Å². The highest BCUT2D eigenvalue weighted by Gasteiger charge is 2.03. The van der Waals surface area contributed by atoms with E-state index in [1.54, 1.807) is 0 Å². The number of pyridine rings is 1. The van der Waals surface area contributed by atoms with Crippen molar-refractivity contribution < 1.29 is 4.74 Å². The Labute approximate surface area is 146 Å². The molecule has 120 valence electrons. The van der Waals surface area contributed by atoms with Crippen LogP contribution in [-0.2, 0) is 0 Å². The van der Waals surface area contributed by atoms with Crippen LogP contribution in [0.2, 0.25) is 0 Å². The first-order chi connectivity index (χ1) is 11.8. The predicted octanol–water partition coefficient (Wildman–Crippen LogP) is 4.25. The van der Waals surface area contributed by atoms with Crippen LogP contribution in [0, 0.1) is 6.92 Å². The number of unbranched alkanes of at least 4 members (excludes halogenated alkanes) is 1. The number of hydrogen-bond acceptors (Lipinski definition) is 2. The number of rotatable bonds is 7. The molecule has 0 aliphatic carbocycles. The minimum Gasteiger partial charge on any atom is -0.491 e. The number of benzene rings is 2. The first-order valence-corrected chi connectivity index (χ1v) is 9.36. The Morgan fingerprint density at radius 3 is 2.75 bits per heavy atom. The van der Waals surface area contributed by atoms with E-state index in [2.05, 4.69) is 59.2 Å². The SMILES string of the molecule is Cc1ccc2cccc(OCCC/C=C/[Si]c3ccccc3)c2n1. The van der Waals surface area contributed by atoms with Crippen LogP contribution in [0.25, 0.3) is 10.9 Å². The van der Waals surface area contributed by atoms with Gasteiger partial charge in [0.1, 0.15) is 20.8 Å². The van der Waals surface area contributed by atoms with Gasteiger partial charge in [0.15, 0.2) is 0 Å². The molecule has 0 bridgehead atoms. The fraction of sp³-hybridized carbons (Fsp3) is 0.190. The predicted molar refractivity (Wildman–Crippen MR) is 102 cm³/mol. The van der Waals surface area contributed by atoms with E-state index in [0.717, 1.165) is 44.7 Å². The fourth-order valence-electron chi connectivity index (χ4n) is 2.49. The fourth-order valence-corrected chi connectivity index (χ4v) is 3.35. The van der Waals surface area contributed by atoms with E-state index in [1.165, 1.54) is 5.19 Å². The van der Waals surface area contributed by atoms with Crippen molar-refractivity contribution in [2.24, 2.45) is 0 Å². The summed E-state index contributed by atoms with van der Waals surface area (Å²) in [5.74, 6) is 0.881. The van der Waals surface area contributed by atoms with E-state index < -0.39 is 0 Å². The molecule has 2 nitrogen and oxygen atoms in total. The number of aromatic nitrogens is 1. The van der Waals surface area contributed by atoms with Gasteiger partial charge in [0, 0.05) is 11.1 Å². The maximum absolute atomic E-state index is 5.95. The monoisotopic (exact) mass is 331 g/mol. The summed E-state index contributed by atoms with van der Waals surface area (Å²) in [6.45, 7) is 2.72. The second kappa shape index (κ2) is 8.46. The Morgan fingerprint density at radius 1 is 1.00 bits per heavy atom. The molecule has 0 saturated heterocycles. The lowest BCUT2D eigenvalue weighted by molar-refractivity contribution is 0.315. The van der Waals surface area contributed by atoms with Crippen molar-refractivity contribution in [3.63, 3.8) is 0 Å². The van der Waals surface area contributed by atoms with Gasteiger partial charge in [-0.1, -0.05) is 65.5 Å². The molecular formula is C21H21NOSi. The number of fused-ring (bicyclic) bond motifs is 1. The summed E-state index contributed by atoms with van der Waals surface area (Å²) < 4.78 is 5.95. The quantitative estimate of drug-likeness (QED) is 0.477. The van der Waals surface area contributed by atoms with Crippen molar-refractivity contribution in [1.82, 2.24) is 4.98 Å². The van der Waals surface area contributed by atoms with Gasteiger partial charge in [-0.3, -0.25) is 0 Å². The van der Waals surface area contributed by atoms with Gasteiger partial charge in [0.05, 0.1) is 6.61 Å². The van der Waals surface area contributed by atoms with Gasteiger partial charge in [-0.25, -0.2) is 4.98 Å². The summed E-state index contributed by atoms with van der Waals surface area (Å²) in [4.78, 5) is 4.60. The lowest BCUT2D eigenvalue weighted by Crippen LogP contribution is -2.10. The molecular weight excluding hydrogens is 310 g/mol. The molecule has 3 aromatic rings. The Hall–Kier alpha value is -2.39. The van der Waals surface area contributed by atoms with Gasteiger partial charge in [0.25, 0.3) is 0 Å². The summed E-state index contributed by atoms with van der Waals surface area (Å²) in [6, 6.07) is 20.8. The molecule has 1 heterocycles. The topological polar surface area (TPSA) is 22.1 Å². The van der Waals surface area contributed by atoms with E-state index >= 15 is 0 Å². The van der Waals surface area contributed by atoms with Crippen LogP contribution < -0.4 is 9.92 Å². The van der Waals surface area contributed by atoms with E-state index in [1.807, 2.05) is 25.1 Å². The minimum absolute atomic E-state index is 0.716. The zero-order chi connectivity index (χ0) is 16.6. The summed E-state index contributed by atoms with van der Waals surface area (Å²) >= 11 is 0. The number of nitrogens with zero attached hydrogens (tertiary/aromatic N) is 1. The van der Waals surface area contributed by atoms with E-state index in [-0.39, 0.29) is 0 Å². The van der Waals surface area contributed by atoms with Crippen LogP contribution in [0.3, 0.4) is 0 Å². The third-order valence-corrected chi connectivity index (χ3v) is 4.81. The van der Waals surface area contributed by atoms with Crippen LogP contribution >= 0.6 is 0 Å². The van der Waals surface area contributed by atoms with Crippen LogP contribution in [0.4, 0.5) is 0 Å². The molecule has 0 unspecified atom stereocenters. The van der Waals surface area contributed by atoms with Gasteiger partial charge in [-0.2, -0.15) is 0 Å². The molecule has 0 aliphatic rings. The van der Waals surface area contributed by atoms with Gasteiger partial charge in [-0.15, -0.1) is 0 Å². The summed E-state index contributed by atoms with van der Waals surface area (Å²) in [5, 5.41) is 2.50. The van der Waals surface area contributed by atoms with E-state index in [9.17, 15) is 0 Å². The van der Waals surface area contributed by atoms with Crippen molar-refractivity contribution in [3.05, 3.63) is 78.1 Å². The second-order valence-electron chi connectivity index (χ2n) is 5.68. The van der Waals surface area contributed by atoms with Crippen molar-refractivity contribution in [3.8, 4) is 5.75 Å². The molecule has 0 N–H and O–H groups in total. The van der Waals surface area contributed by atoms with Crippen LogP contribution in [-0.4, -0.2) is 21.1 Å². The van der Waals surface area contributed by atoms with E-state index in [4.69, 9.17) is 4.74 Å². The summed E-state index contributed by atoms with van der Waals surface area (Å²) in [5.41, 5.74) is 4.24. The lowest BCUT2D eigenvalue weighted by Gasteiger charge is -2.08. The second-order valence-corrected chi connectivity index (χ2v) is 6.88. The van der Waals surface area contributed by atoms with Gasteiger partial charge in [0.2, 0.25) is 0 Å². The maximum Gasteiger partial charge on any atom is 0.145 e. The van der Waals surface area contributed by atoms with Crippen molar-refractivity contribution >= 4 is 25.6 Å². The standard InChI is InChI=1S/C21H21NOSi/c1-17-13-14-18-9-8-12-20(21(18)22-17)23-15-6-3-7-16-24-19-10-4-2-5-11-19/h2,4-5,7-14,16H,3,6,15H2,1H3/b16-7+. The van der Waals surface area contributed by atoms with E-state index in [0.29, 0.717) is 6.61 Å².